The Morgan fingerprint density at radius 3 is 2.33 bits per heavy atom. The molecule has 1 aliphatic heterocycles. The van der Waals surface area contributed by atoms with Crippen molar-refractivity contribution in [2.24, 2.45) is 0 Å². The van der Waals surface area contributed by atoms with Gasteiger partial charge in [-0.15, -0.1) is 0 Å². The highest BCUT2D eigenvalue weighted by Gasteiger charge is 2.21. The van der Waals surface area contributed by atoms with Gasteiger partial charge in [0.05, 0.1) is 21.3 Å². The minimum atomic E-state index is 0.611. The molecule has 0 atom stereocenters. The first-order valence-corrected chi connectivity index (χ1v) is 10.0. The molecule has 5 nitrogen and oxygen atoms in total. The van der Waals surface area contributed by atoms with Crippen molar-refractivity contribution in [2.45, 2.75) is 13.1 Å². The molecule has 30 heavy (non-hydrogen) atoms. The van der Waals surface area contributed by atoms with E-state index in [0.717, 1.165) is 59.3 Å². The number of ether oxygens (including phenoxy) is 4. The van der Waals surface area contributed by atoms with Crippen LogP contribution < -0.4 is 18.9 Å². The molecular weight excluding hydrogens is 378 g/mol. The Hall–Kier alpha value is -3.18. The van der Waals surface area contributed by atoms with Gasteiger partial charge >= 0.3 is 0 Å². The molecule has 0 aromatic heterocycles. The summed E-state index contributed by atoms with van der Waals surface area (Å²) in [5.41, 5.74) is 4.49. The summed E-state index contributed by atoms with van der Waals surface area (Å²) in [6.45, 7) is 3.00. The van der Waals surface area contributed by atoms with Gasteiger partial charge in [0.15, 0.2) is 11.5 Å². The third-order valence-corrected chi connectivity index (χ3v) is 5.41. The predicted molar refractivity (Wildman–Crippen MR) is 118 cm³/mol. The van der Waals surface area contributed by atoms with Crippen LogP contribution in [0.1, 0.15) is 11.1 Å². The summed E-state index contributed by atoms with van der Waals surface area (Å²) in [7, 11) is 5.08. The Balaban J connectivity index is 1.65. The maximum atomic E-state index is 6.10. The van der Waals surface area contributed by atoms with Gasteiger partial charge in [-0.1, -0.05) is 30.3 Å². The van der Waals surface area contributed by atoms with Crippen LogP contribution in [0.5, 0.6) is 23.0 Å². The normalized spacial score (nSPS) is 13.7. The predicted octanol–water partition coefficient (Wildman–Crippen LogP) is 4.77. The Morgan fingerprint density at radius 1 is 0.833 bits per heavy atom. The molecule has 0 spiro atoms. The number of hydrogen-bond acceptors (Lipinski definition) is 5. The van der Waals surface area contributed by atoms with E-state index in [1.807, 2.05) is 36.4 Å². The fourth-order valence-corrected chi connectivity index (χ4v) is 3.85. The van der Waals surface area contributed by atoms with Crippen LogP contribution in [0.25, 0.3) is 11.1 Å². The largest absolute Gasteiger partial charge is 0.497 e. The van der Waals surface area contributed by atoms with E-state index in [2.05, 4.69) is 29.2 Å². The molecule has 0 N–H and O–H groups in total. The van der Waals surface area contributed by atoms with Gasteiger partial charge in [0.25, 0.3) is 0 Å². The zero-order valence-electron chi connectivity index (χ0n) is 17.7. The number of hydrogen-bond donors (Lipinski definition) is 0. The molecule has 0 bridgehead atoms. The van der Waals surface area contributed by atoms with Crippen LogP contribution in [0, 0.1) is 0 Å². The quantitative estimate of drug-likeness (QED) is 0.591. The lowest BCUT2D eigenvalue weighted by Gasteiger charge is -2.21. The van der Waals surface area contributed by atoms with Gasteiger partial charge in [-0.2, -0.15) is 0 Å². The minimum absolute atomic E-state index is 0.611. The first-order valence-electron chi connectivity index (χ1n) is 10.0. The first kappa shape index (κ1) is 20.1. The summed E-state index contributed by atoms with van der Waals surface area (Å²) < 4.78 is 22.6. The molecule has 3 aromatic carbocycles. The smallest absolute Gasteiger partial charge is 0.165 e. The molecule has 3 aromatic rings. The number of nitrogens with zero attached hydrogens (tertiary/aromatic N) is 1. The van der Waals surface area contributed by atoms with E-state index in [9.17, 15) is 0 Å². The van der Waals surface area contributed by atoms with Crippen molar-refractivity contribution in [3.8, 4) is 34.1 Å². The number of rotatable bonds is 6. The molecule has 0 amide bonds. The van der Waals surface area contributed by atoms with Crippen molar-refractivity contribution >= 4 is 0 Å². The Bertz CT molecular complexity index is 1000. The van der Waals surface area contributed by atoms with Crippen molar-refractivity contribution in [1.82, 2.24) is 4.90 Å². The van der Waals surface area contributed by atoms with E-state index >= 15 is 0 Å². The average Bonchev–Trinajstić information content (AvgIpc) is 3.00. The van der Waals surface area contributed by atoms with Crippen LogP contribution in [0.2, 0.25) is 0 Å². The van der Waals surface area contributed by atoms with Crippen LogP contribution in [0.3, 0.4) is 0 Å². The summed E-state index contributed by atoms with van der Waals surface area (Å²) >= 11 is 0. The summed E-state index contributed by atoms with van der Waals surface area (Å²) in [5, 5.41) is 0. The summed E-state index contributed by atoms with van der Waals surface area (Å²) in [5.74, 6) is 3.34. The summed E-state index contributed by atoms with van der Waals surface area (Å²) in [6.07, 6.45) is 0. The first-order chi connectivity index (χ1) is 14.7. The number of fused-ring (bicyclic) bond motifs is 1. The van der Waals surface area contributed by atoms with Crippen LogP contribution >= 0.6 is 0 Å². The van der Waals surface area contributed by atoms with Gasteiger partial charge in [-0.05, 0) is 41.5 Å². The fraction of sp³-hybridized carbons (Fsp3) is 0.280. The molecule has 156 valence electrons. The van der Waals surface area contributed by atoms with Crippen molar-refractivity contribution in [2.75, 3.05) is 34.5 Å². The molecule has 0 saturated carbocycles. The lowest BCUT2D eigenvalue weighted by atomic mass is 10.0. The highest BCUT2D eigenvalue weighted by Crippen LogP contribution is 2.39. The van der Waals surface area contributed by atoms with Gasteiger partial charge in [0.2, 0.25) is 0 Å². The second-order valence-electron chi connectivity index (χ2n) is 7.27. The molecule has 0 aliphatic carbocycles. The van der Waals surface area contributed by atoms with Crippen LogP contribution in [0.4, 0.5) is 0 Å². The summed E-state index contributed by atoms with van der Waals surface area (Å²) in [6, 6.07) is 20.4. The third-order valence-electron chi connectivity index (χ3n) is 5.41. The Morgan fingerprint density at radius 2 is 1.60 bits per heavy atom. The second kappa shape index (κ2) is 9.09. The standard InChI is InChI=1S/C25H27NO4/c1-27-22-10-8-18(9-11-22)20-14-21-17-26(12-13-30-25(21)24(15-20)29-3)16-19-6-4-5-7-23(19)28-2/h4-11,14-15H,12-13,16-17H2,1-3H3. The second-order valence-corrected chi connectivity index (χ2v) is 7.27. The molecule has 0 unspecified atom stereocenters. The van der Waals surface area contributed by atoms with E-state index in [1.165, 1.54) is 5.56 Å². The van der Waals surface area contributed by atoms with Gasteiger partial charge in [-0.3, -0.25) is 4.90 Å². The molecular formula is C25H27NO4. The van der Waals surface area contributed by atoms with Crippen molar-refractivity contribution in [1.29, 1.82) is 0 Å². The number of methoxy groups -OCH3 is 3. The van der Waals surface area contributed by atoms with Gasteiger partial charge in [-0.25, -0.2) is 0 Å². The van der Waals surface area contributed by atoms with E-state index < -0.39 is 0 Å². The Kier molecular flexibility index (Phi) is 6.10. The molecule has 1 heterocycles. The molecule has 0 fully saturated rings. The van der Waals surface area contributed by atoms with E-state index in [-0.39, 0.29) is 0 Å². The molecule has 5 heteroatoms. The van der Waals surface area contributed by atoms with E-state index in [4.69, 9.17) is 18.9 Å². The van der Waals surface area contributed by atoms with Crippen molar-refractivity contribution < 1.29 is 18.9 Å². The monoisotopic (exact) mass is 405 g/mol. The lowest BCUT2D eigenvalue weighted by molar-refractivity contribution is 0.215. The zero-order chi connectivity index (χ0) is 20.9. The number of benzene rings is 3. The van der Waals surface area contributed by atoms with Crippen molar-refractivity contribution in [3.05, 3.63) is 71.8 Å². The minimum Gasteiger partial charge on any atom is -0.497 e. The molecule has 0 saturated heterocycles. The highest BCUT2D eigenvalue weighted by molar-refractivity contribution is 5.70. The fourth-order valence-electron chi connectivity index (χ4n) is 3.85. The Labute approximate surface area is 177 Å². The lowest BCUT2D eigenvalue weighted by Crippen LogP contribution is -2.25. The zero-order valence-corrected chi connectivity index (χ0v) is 17.7. The molecule has 0 radical (unpaired) electrons. The maximum absolute atomic E-state index is 6.10. The van der Waals surface area contributed by atoms with E-state index in [0.29, 0.717) is 6.61 Å². The third kappa shape index (κ3) is 4.21. The van der Waals surface area contributed by atoms with E-state index in [1.54, 1.807) is 21.3 Å². The van der Waals surface area contributed by atoms with Crippen LogP contribution in [-0.2, 0) is 13.1 Å². The van der Waals surface area contributed by atoms with Crippen LogP contribution in [-0.4, -0.2) is 39.4 Å². The summed E-state index contributed by atoms with van der Waals surface area (Å²) in [4.78, 5) is 2.38. The van der Waals surface area contributed by atoms with Crippen LogP contribution in [0.15, 0.2) is 60.7 Å². The molecule has 1 aliphatic rings. The van der Waals surface area contributed by atoms with Crippen molar-refractivity contribution in [3.63, 3.8) is 0 Å². The highest BCUT2D eigenvalue weighted by atomic mass is 16.5. The average molecular weight is 405 g/mol. The van der Waals surface area contributed by atoms with Gasteiger partial charge in [0, 0.05) is 30.8 Å². The van der Waals surface area contributed by atoms with Gasteiger partial charge in [0.1, 0.15) is 18.1 Å². The van der Waals surface area contributed by atoms with Gasteiger partial charge < -0.3 is 18.9 Å². The maximum Gasteiger partial charge on any atom is 0.165 e. The SMILES string of the molecule is COc1ccc(-c2cc3c(c(OC)c2)OCCN(Cc2ccccc2OC)C3)cc1. The topological polar surface area (TPSA) is 40.2 Å². The number of para-hydroxylation sites is 1. The molecule has 4 rings (SSSR count).